The molecule has 2 spiro atoms. The first-order chi connectivity index (χ1) is 12.7. The van der Waals surface area contributed by atoms with E-state index in [1.54, 1.807) is 0 Å². The number of fused-ring (bicyclic) bond motifs is 4. The highest BCUT2D eigenvalue weighted by molar-refractivity contribution is 5.18. The van der Waals surface area contributed by atoms with Crippen LogP contribution in [0.3, 0.4) is 0 Å². The van der Waals surface area contributed by atoms with Gasteiger partial charge >= 0.3 is 0 Å². The minimum atomic E-state index is -0.443. The topological polar surface area (TPSA) is 39.7 Å². The standard InChI is InChI=1S/C23H39NO3/c1-16-6-7-17-20(4)15-25-19(2,3)26-18(20)8-9-21(17,5)23(16)11-10-22(27-23)12-13-24-14-22/h16-18,24H,6-15H2,1-5H3/t16-,17+,18+,20+,21+,22-,23-/m1/s1. The van der Waals surface area contributed by atoms with E-state index in [9.17, 15) is 0 Å². The minimum absolute atomic E-state index is 0.0306. The van der Waals surface area contributed by atoms with Crippen LogP contribution in [-0.2, 0) is 14.2 Å². The summed E-state index contributed by atoms with van der Waals surface area (Å²) in [5.41, 5.74) is 0.445. The van der Waals surface area contributed by atoms with E-state index in [4.69, 9.17) is 14.2 Å². The molecule has 0 unspecified atom stereocenters. The molecular weight excluding hydrogens is 338 g/mol. The zero-order valence-electron chi connectivity index (χ0n) is 18.0. The largest absolute Gasteiger partial charge is 0.366 e. The molecule has 0 aromatic carbocycles. The number of nitrogens with one attached hydrogen (secondary N) is 1. The third-order valence-electron chi connectivity index (χ3n) is 9.59. The summed E-state index contributed by atoms with van der Waals surface area (Å²) in [5.74, 6) is 0.808. The monoisotopic (exact) mass is 377 g/mol. The van der Waals surface area contributed by atoms with Gasteiger partial charge in [-0.1, -0.05) is 20.8 Å². The van der Waals surface area contributed by atoms with E-state index >= 15 is 0 Å². The molecule has 0 amide bonds. The molecule has 0 bridgehead atoms. The van der Waals surface area contributed by atoms with Gasteiger partial charge in [0.2, 0.25) is 0 Å². The summed E-state index contributed by atoms with van der Waals surface area (Å²) in [6.45, 7) is 14.6. The Labute approximate surface area is 165 Å². The van der Waals surface area contributed by atoms with Crippen LogP contribution in [0.25, 0.3) is 0 Å². The van der Waals surface area contributed by atoms with E-state index in [0.717, 1.165) is 26.1 Å². The van der Waals surface area contributed by atoms with Gasteiger partial charge in [0.1, 0.15) is 0 Å². The molecule has 3 saturated heterocycles. The summed E-state index contributed by atoms with van der Waals surface area (Å²) in [6.07, 6.45) is 8.88. The van der Waals surface area contributed by atoms with E-state index < -0.39 is 5.79 Å². The Morgan fingerprint density at radius 3 is 2.48 bits per heavy atom. The number of rotatable bonds is 0. The predicted molar refractivity (Wildman–Crippen MR) is 106 cm³/mol. The molecule has 154 valence electrons. The van der Waals surface area contributed by atoms with Gasteiger partial charge in [0.05, 0.1) is 23.9 Å². The number of hydrogen-bond donors (Lipinski definition) is 1. The molecule has 4 heteroatoms. The lowest BCUT2D eigenvalue weighted by Crippen LogP contribution is -2.68. The second-order valence-corrected chi connectivity index (χ2v) is 11.4. The van der Waals surface area contributed by atoms with Crippen molar-refractivity contribution in [2.24, 2.45) is 22.7 Å². The molecule has 5 fully saturated rings. The predicted octanol–water partition coefficient (Wildman–Crippen LogP) is 4.27. The molecule has 4 nitrogen and oxygen atoms in total. The lowest BCUT2D eigenvalue weighted by Gasteiger charge is -2.67. The van der Waals surface area contributed by atoms with Crippen molar-refractivity contribution in [3.63, 3.8) is 0 Å². The Kier molecular flexibility index (Phi) is 3.99. The van der Waals surface area contributed by atoms with Crippen LogP contribution in [0.15, 0.2) is 0 Å². The van der Waals surface area contributed by atoms with Crippen LogP contribution in [0, 0.1) is 22.7 Å². The van der Waals surface area contributed by atoms with Crippen LogP contribution in [0.2, 0.25) is 0 Å². The Morgan fingerprint density at radius 1 is 0.926 bits per heavy atom. The molecule has 3 heterocycles. The van der Waals surface area contributed by atoms with Crippen molar-refractivity contribution < 1.29 is 14.2 Å². The van der Waals surface area contributed by atoms with E-state index in [2.05, 4.69) is 39.9 Å². The van der Waals surface area contributed by atoms with Crippen LogP contribution in [0.5, 0.6) is 0 Å². The molecule has 2 saturated carbocycles. The van der Waals surface area contributed by atoms with Gasteiger partial charge in [-0.25, -0.2) is 0 Å². The van der Waals surface area contributed by atoms with Gasteiger partial charge in [0.25, 0.3) is 0 Å². The third kappa shape index (κ3) is 2.42. The fourth-order valence-electron chi connectivity index (χ4n) is 8.02. The smallest absolute Gasteiger partial charge is 0.163 e. The fraction of sp³-hybridized carbons (Fsp3) is 1.00. The van der Waals surface area contributed by atoms with Gasteiger partial charge in [0, 0.05) is 17.4 Å². The highest BCUT2D eigenvalue weighted by Gasteiger charge is 2.70. The van der Waals surface area contributed by atoms with Crippen LogP contribution in [-0.4, -0.2) is 42.8 Å². The van der Waals surface area contributed by atoms with E-state index in [1.165, 1.54) is 38.5 Å². The highest BCUT2D eigenvalue weighted by atomic mass is 16.7. The van der Waals surface area contributed by atoms with E-state index in [-0.39, 0.29) is 22.0 Å². The third-order valence-corrected chi connectivity index (χ3v) is 9.59. The Hall–Kier alpha value is -0.160. The first-order valence-electron chi connectivity index (χ1n) is 11.4. The average molecular weight is 378 g/mol. The summed E-state index contributed by atoms with van der Waals surface area (Å²) >= 11 is 0. The molecule has 2 aliphatic carbocycles. The van der Waals surface area contributed by atoms with Crippen LogP contribution >= 0.6 is 0 Å². The molecule has 1 N–H and O–H groups in total. The SMILES string of the molecule is C[C@@H]1CC[C@H]2[C@]3(C)COC(C)(C)O[C@H]3CC[C@]2(C)[C@@]12CC[C@]1(CCNC1)O2. The van der Waals surface area contributed by atoms with E-state index in [0.29, 0.717) is 17.9 Å². The van der Waals surface area contributed by atoms with Crippen molar-refractivity contribution in [2.75, 3.05) is 19.7 Å². The molecule has 0 radical (unpaired) electrons. The lowest BCUT2D eigenvalue weighted by molar-refractivity contribution is -0.358. The van der Waals surface area contributed by atoms with Gasteiger partial charge in [-0.15, -0.1) is 0 Å². The normalized spacial score (nSPS) is 57.0. The summed E-state index contributed by atoms with van der Waals surface area (Å²) in [6, 6.07) is 0. The van der Waals surface area contributed by atoms with Crippen molar-refractivity contribution in [1.82, 2.24) is 5.32 Å². The van der Waals surface area contributed by atoms with Crippen LogP contribution in [0.4, 0.5) is 0 Å². The minimum Gasteiger partial charge on any atom is -0.366 e. The van der Waals surface area contributed by atoms with Crippen LogP contribution < -0.4 is 5.32 Å². The maximum absolute atomic E-state index is 7.24. The van der Waals surface area contributed by atoms with Crippen molar-refractivity contribution in [2.45, 2.75) is 103 Å². The Bertz CT molecular complexity index is 615. The molecule has 5 rings (SSSR count). The second-order valence-electron chi connectivity index (χ2n) is 11.4. The quantitative estimate of drug-likeness (QED) is 0.684. The highest BCUT2D eigenvalue weighted by Crippen LogP contribution is 2.69. The van der Waals surface area contributed by atoms with Gasteiger partial charge in [-0.2, -0.15) is 0 Å². The zero-order valence-corrected chi connectivity index (χ0v) is 18.0. The maximum atomic E-state index is 7.24. The molecule has 0 aromatic heterocycles. The van der Waals surface area contributed by atoms with Crippen LogP contribution in [0.1, 0.15) is 79.6 Å². The molecule has 3 aliphatic heterocycles. The zero-order chi connectivity index (χ0) is 19.1. The molecule has 5 aliphatic rings. The summed E-state index contributed by atoms with van der Waals surface area (Å²) < 4.78 is 19.9. The van der Waals surface area contributed by atoms with Crippen molar-refractivity contribution >= 4 is 0 Å². The second kappa shape index (κ2) is 5.71. The first kappa shape index (κ1) is 18.8. The lowest BCUT2D eigenvalue weighted by atomic mass is 9.43. The van der Waals surface area contributed by atoms with Gasteiger partial charge in [-0.3, -0.25) is 0 Å². The first-order valence-corrected chi connectivity index (χ1v) is 11.4. The van der Waals surface area contributed by atoms with E-state index in [1.807, 2.05) is 0 Å². The average Bonchev–Trinajstić information content (AvgIpc) is 3.23. The number of hydrogen-bond acceptors (Lipinski definition) is 4. The van der Waals surface area contributed by atoms with Crippen molar-refractivity contribution in [1.29, 1.82) is 0 Å². The molecule has 27 heavy (non-hydrogen) atoms. The Balaban J connectivity index is 1.51. The van der Waals surface area contributed by atoms with Crippen molar-refractivity contribution in [3.05, 3.63) is 0 Å². The van der Waals surface area contributed by atoms with Gasteiger partial charge in [0.15, 0.2) is 5.79 Å². The Morgan fingerprint density at radius 2 is 1.74 bits per heavy atom. The van der Waals surface area contributed by atoms with Crippen molar-refractivity contribution in [3.8, 4) is 0 Å². The maximum Gasteiger partial charge on any atom is 0.163 e. The summed E-state index contributed by atoms with van der Waals surface area (Å²) in [7, 11) is 0. The summed E-state index contributed by atoms with van der Waals surface area (Å²) in [4.78, 5) is 0. The van der Waals surface area contributed by atoms with Gasteiger partial charge < -0.3 is 19.5 Å². The number of ether oxygens (including phenoxy) is 3. The fourth-order valence-corrected chi connectivity index (χ4v) is 8.02. The molecular formula is C23H39NO3. The molecule has 0 aromatic rings. The summed E-state index contributed by atoms with van der Waals surface area (Å²) in [5, 5.41) is 3.57. The van der Waals surface area contributed by atoms with Gasteiger partial charge in [-0.05, 0) is 77.2 Å². The molecule has 7 atom stereocenters.